The first-order valence-corrected chi connectivity index (χ1v) is 22.2. The molecule has 322 valence electrons. The monoisotopic (exact) mass is 834 g/mol. The number of benzene rings is 3. The van der Waals surface area contributed by atoms with Crippen molar-refractivity contribution < 1.29 is 38.1 Å². The molecule has 0 amide bonds. The van der Waals surface area contributed by atoms with Gasteiger partial charge in [-0.3, -0.25) is 19.2 Å². The second kappa shape index (κ2) is 15.1. The van der Waals surface area contributed by atoms with Gasteiger partial charge in [0.1, 0.15) is 47.7 Å². The van der Waals surface area contributed by atoms with Gasteiger partial charge in [0.2, 0.25) is 0 Å². The molecule has 6 aliphatic rings. The van der Waals surface area contributed by atoms with Gasteiger partial charge in [-0.25, -0.2) is 0 Å². The van der Waals surface area contributed by atoms with Gasteiger partial charge in [0, 0.05) is 85.5 Å². The van der Waals surface area contributed by atoms with Crippen LogP contribution in [0, 0.1) is 21.7 Å². The molecule has 8 nitrogen and oxygen atoms in total. The van der Waals surface area contributed by atoms with E-state index in [1.807, 2.05) is 72.8 Å². The maximum Gasteiger partial charge on any atom is 0.163 e. The zero-order valence-electron chi connectivity index (χ0n) is 37.4. The minimum Gasteiger partial charge on any atom is -0.489 e. The zero-order valence-corrected chi connectivity index (χ0v) is 37.4. The molecule has 0 bridgehead atoms. The Labute approximate surface area is 365 Å². The van der Waals surface area contributed by atoms with E-state index in [1.54, 1.807) is 0 Å². The van der Waals surface area contributed by atoms with Crippen LogP contribution in [0.1, 0.15) is 141 Å². The predicted octanol–water partition coefficient (Wildman–Crippen LogP) is 11.6. The molecule has 8 heteroatoms. The summed E-state index contributed by atoms with van der Waals surface area (Å²) in [6, 6.07) is 23.6. The van der Waals surface area contributed by atoms with Gasteiger partial charge in [-0.1, -0.05) is 104 Å². The van der Waals surface area contributed by atoms with E-state index in [-0.39, 0.29) is 44.8 Å². The molecular weight excluding hydrogens is 777 g/mol. The average Bonchev–Trinajstić information content (AvgIpc) is 3.16. The Morgan fingerprint density at radius 2 is 0.694 bits per heavy atom. The maximum absolute atomic E-state index is 13.7. The highest BCUT2D eigenvalue weighted by Crippen LogP contribution is 2.55. The van der Waals surface area contributed by atoms with Gasteiger partial charge in [-0.2, -0.15) is 0 Å². The molecule has 62 heavy (non-hydrogen) atoms. The first-order valence-electron chi connectivity index (χ1n) is 22.2. The maximum atomic E-state index is 13.7. The lowest BCUT2D eigenvalue weighted by atomic mass is 9.65. The normalized spacial score (nSPS) is 23.0. The summed E-state index contributed by atoms with van der Waals surface area (Å²) >= 11 is 0. The molecule has 0 radical (unpaired) electrons. The van der Waals surface area contributed by atoms with Gasteiger partial charge in [0.15, 0.2) is 23.1 Å². The van der Waals surface area contributed by atoms with E-state index in [9.17, 15) is 19.2 Å². The van der Waals surface area contributed by atoms with Crippen LogP contribution in [-0.2, 0) is 41.9 Å². The number of hydrogen-bond acceptors (Lipinski definition) is 8. The Morgan fingerprint density at radius 1 is 0.419 bits per heavy atom. The quantitative estimate of drug-likeness (QED) is 0.221. The average molecular weight is 835 g/mol. The molecule has 0 unspecified atom stereocenters. The number of rotatable bonds is 8. The van der Waals surface area contributed by atoms with Gasteiger partial charge in [-0.15, -0.1) is 0 Å². The summed E-state index contributed by atoms with van der Waals surface area (Å²) in [5.41, 5.74) is 5.39. The third kappa shape index (κ3) is 8.02. The van der Waals surface area contributed by atoms with Crippen molar-refractivity contribution in [1.82, 2.24) is 0 Å². The largest absolute Gasteiger partial charge is 0.489 e. The number of Topliss-reactive ketones (excluding diaryl/α,β-unsaturated/α-hetero) is 4. The van der Waals surface area contributed by atoms with Crippen LogP contribution in [0.15, 0.2) is 118 Å². The van der Waals surface area contributed by atoms with Gasteiger partial charge in [-0.05, 0) is 68.2 Å². The molecule has 9 rings (SSSR count). The fourth-order valence-corrected chi connectivity index (χ4v) is 10.7. The van der Waals surface area contributed by atoms with Gasteiger partial charge in [0.25, 0.3) is 0 Å². The fraction of sp³-hybridized carbons (Fsp3) is 0.444. The van der Waals surface area contributed by atoms with E-state index < -0.39 is 11.8 Å². The molecule has 0 saturated carbocycles. The van der Waals surface area contributed by atoms with E-state index in [1.165, 1.54) is 0 Å². The van der Waals surface area contributed by atoms with E-state index in [0.717, 1.165) is 22.3 Å². The molecule has 0 atom stereocenters. The third-order valence-electron chi connectivity index (χ3n) is 13.5. The second-order valence-electron chi connectivity index (χ2n) is 21.7. The lowest BCUT2D eigenvalue weighted by Crippen LogP contribution is -2.37. The molecular formula is C54H58O8. The van der Waals surface area contributed by atoms with Crippen LogP contribution >= 0.6 is 0 Å². The molecule has 3 aromatic rings. The number of ether oxygens (including phenoxy) is 4. The van der Waals surface area contributed by atoms with Crippen LogP contribution in [0.5, 0.6) is 11.5 Å². The van der Waals surface area contributed by atoms with Gasteiger partial charge in [0.05, 0.1) is 0 Å². The van der Waals surface area contributed by atoms with Crippen molar-refractivity contribution in [3.63, 3.8) is 0 Å². The summed E-state index contributed by atoms with van der Waals surface area (Å²) in [4.78, 5) is 54.9. The highest BCUT2D eigenvalue weighted by Gasteiger charge is 2.49. The van der Waals surface area contributed by atoms with Crippen molar-refractivity contribution in [3.05, 3.63) is 140 Å². The van der Waals surface area contributed by atoms with Crippen LogP contribution < -0.4 is 9.47 Å². The summed E-state index contributed by atoms with van der Waals surface area (Å²) in [7, 11) is 0. The number of carbonyl (C=O) groups excluding carboxylic acids is 4. The zero-order chi connectivity index (χ0) is 43.9. The Balaban J connectivity index is 0.904. The number of allylic oxidation sites excluding steroid dienone is 8. The van der Waals surface area contributed by atoms with Crippen LogP contribution in [0.25, 0.3) is 0 Å². The molecule has 0 aromatic heterocycles. The number of carbonyl (C=O) groups is 4. The number of ketones is 4. The summed E-state index contributed by atoms with van der Waals surface area (Å²) in [5, 5.41) is 0. The minimum atomic E-state index is -0.452. The van der Waals surface area contributed by atoms with E-state index in [2.05, 4.69) is 55.4 Å². The van der Waals surface area contributed by atoms with Crippen LogP contribution in [0.2, 0.25) is 0 Å². The summed E-state index contributed by atoms with van der Waals surface area (Å²) in [6.45, 7) is 17.4. The molecule has 0 fully saturated rings. The molecule has 2 aliphatic heterocycles. The Morgan fingerprint density at radius 3 is 0.968 bits per heavy atom. The standard InChI is InChI=1S/C54H58O8/c1-51(2)21-37(55)47-41(25-51)61-42-26-52(3,4)22-38(56)48(42)45(47)31-13-17-35(18-14-31)59-29-33-11-9-10-12-34(33)30-60-36-19-15-32(16-20-36)46-49-39(57)23-53(5,6)27-43(49)62-44-28-54(7,8)24-40(58)50(44)46/h9-20,45-46H,21-30H2,1-8H3. The molecule has 0 spiro atoms. The summed E-state index contributed by atoms with van der Waals surface area (Å²) in [5.74, 6) is 3.48. The van der Waals surface area contributed by atoms with Crippen molar-refractivity contribution >= 4 is 23.1 Å². The smallest absolute Gasteiger partial charge is 0.163 e. The highest BCUT2D eigenvalue weighted by molar-refractivity contribution is 6.07. The second-order valence-corrected chi connectivity index (χ2v) is 21.7. The van der Waals surface area contributed by atoms with E-state index >= 15 is 0 Å². The molecule has 4 aliphatic carbocycles. The Bertz CT molecular complexity index is 2260. The first kappa shape index (κ1) is 41.8. The molecule has 0 saturated heterocycles. The molecule has 0 N–H and O–H groups in total. The lowest BCUT2D eigenvalue weighted by Gasteiger charge is -2.42. The third-order valence-corrected chi connectivity index (χ3v) is 13.5. The van der Waals surface area contributed by atoms with Crippen molar-refractivity contribution in [2.45, 2.75) is 132 Å². The van der Waals surface area contributed by atoms with Crippen LogP contribution in [0.4, 0.5) is 0 Å². The van der Waals surface area contributed by atoms with Gasteiger partial charge >= 0.3 is 0 Å². The van der Waals surface area contributed by atoms with Gasteiger partial charge < -0.3 is 18.9 Å². The van der Waals surface area contributed by atoms with Crippen LogP contribution in [-0.4, -0.2) is 23.1 Å². The fourth-order valence-electron chi connectivity index (χ4n) is 10.7. The molecule has 3 aromatic carbocycles. The van der Waals surface area contributed by atoms with E-state index in [0.29, 0.717) is 121 Å². The Hall–Kier alpha value is -5.50. The number of hydrogen-bond donors (Lipinski definition) is 0. The van der Waals surface area contributed by atoms with E-state index in [4.69, 9.17) is 18.9 Å². The highest BCUT2D eigenvalue weighted by atomic mass is 16.5. The minimum absolute atomic E-state index is 0.0487. The Kier molecular flexibility index (Phi) is 10.2. The summed E-state index contributed by atoms with van der Waals surface area (Å²) in [6.07, 6.45) is 4.29. The SMILES string of the molecule is CC1(C)CC(=O)C2=C(C1)OC1=C(C(=O)CC(C)(C)C1)C2c1ccc(OCc2ccccc2COc2ccc(C3C4=C(CC(C)(C)CC4=O)OC4=C3C(=O)CC(C)(C)C4)cc2)cc1. The lowest BCUT2D eigenvalue weighted by molar-refractivity contribution is -0.122. The topological polar surface area (TPSA) is 105 Å². The van der Waals surface area contributed by atoms with Crippen molar-refractivity contribution in [2.75, 3.05) is 0 Å². The van der Waals surface area contributed by atoms with Crippen molar-refractivity contribution in [2.24, 2.45) is 21.7 Å². The predicted molar refractivity (Wildman–Crippen MR) is 236 cm³/mol. The van der Waals surface area contributed by atoms with Crippen LogP contribution in [0.3, 0.4) is 0 Å². The summed E-state index contributed by atoms with van der Waals surface area (Å²) < 4.78 is 25.6. The first-order chi connectivity index (χ1) is 29.3. The van der Waals surface area contributed by atoms with Crippen molar-refractivity contribution in [1.29, 1.82) is 0 Å². The molecule has 2 heterocycles. The van der Waals surface area contributed by atoms with Crippen molar-refractivity contribution in [3.8, 4) is 11.5 Å².